The number of benzene rings is 1. The molecule has 2 nitrogen and oxygen atoms in total. The highest BCUT2D eigenvalue weighted by Crippen LogP contribution is 2.33. The molecular formula is C10H12BrNO. The van der Waals surface area contributed by atoms with E-state index in [2.05, 4.69) is 33.4 Å². The second kappa shape index (κ2) is 3.68. The predicted octanol–water partition coefficient (Wildman–Crippen LogP) is 2.95. The minimum Gasteiger partial charge on any atom is -0.385 e. The van der Waals surface area contributed by atoms with E-state index in [-0.39, 0.29) is 6.10 Å². The Bertz CT molecular complexity index is 314. The van der Waals surface area contributed by atoms with Crippen LogP contribution in [0.15, 0.2) is 22.7 Å². The topological polar surface area (TPSA) is 21.3 Å². The van der Waals surface area contributed by atoms with E-state index in [0.29, 0.717) is 0 Å². The second-order valence-electron chi connectivity index (χ2n) is 3.17. The van der Waals surface area contributed by atoms with Gasteiger partial charge in [-0.1, -0.05) is 15.9 Å². The first-order valence-corrected chi connectivity index (χ1v) is 5.16. The molecule has 0 saturated heterocycles. The summed E-state index contributed by atoms with van der Waals surface area (Å²) >= 11 is 3.46. The average Bonchev–Trinajstić information content (AvgIpc) is 2.17. The maximum absolute atomic E-state index is 5.41. The van der Waals surface area contributed by atoms with Crippen molar-refractivity contribution in [1.82, 2.24) is 0 Å². The Morgan fingerprint density at radius 3 is 3.15 bits per heavy atom. The van der Waals surface area contributed by atoms with Crippen LogP contribution >= 0.6 is 15.9 Å². The SMILES string of the molecule is COC1CCNc2ccc(Br)cc21. The fraction of sp³-hybridized carbons (Fsp3) is 0.400. The number of ether oxygens (including phenoxy) is 1. The molecule has 1 aliphatic heterocycles. The van der Waals surface area contributed by atoms with Crippen LogP contribution in [0, 0.1) is 0 Å². The van der Waals surface area contributed by atoms with Gasteiger partial charge in [-0.15, -0.1) is 0 Å². The third-order valence-corrected chi connectivity index (χ3v) is 2.86. The lowest BCUT2D eigenvalue weighted by atomic mass is 10.0. The normalized spacial score (nSPS) is 20.6. The molecule has 0 aliphatic carbocycles. The van der Waals surface area contributed by atoms with Crippen LogP contribution in [0.2, 0.25) is 0 Å². The summed E-state index contributed by atoms with van der Waals surface area (Å²) in [7, 11) is 1.76. The Kier molecular flexibility index (Phi) is 2.56. The van der Waals surface area contributed by atoms with Crippen LogP contribution in [0.25, 0.3) is 0 Å². The zero-order valence-electron chi connectivity index (χ0n) is 7.51. The zero-order chi connectivity index (χ0) is 9.26. The van der Waals surface area contributed by atoms with Gasteiger partial charge in [-0.3, -0.25) is 0 Å². The molecule has 0 spiro atoms. The van der Waals surface area contributed by atoms with Crippen LogP contribution in [0.3, 0.4) is 0 Å². The second-order valence-corrected chi connectivity index (χ2v) is 4.09. The summed E-state index contributed by atoms with van der Waals surface area (Å²) in [6.07, 6.45) is 1.29. The van der Waals surface area contributed by atoms with Crippen LogP contribution in [-0.2, 0) is 4.74 Å². The minimum absolute atomic E-state index is 0.244. The van der Waals surface area contributed by atoms with Crippen molar-refractivity contribution in [3.63, 3.8) is 0 Å². The van der Waals surface area contributed by atoms with E-state index in [9.17, 15) is 0 Å². The number of halogens is 1. The molecule has 3 heteroatoms. The molecule has 0 amide bonds. The van der Waals surface area contributed by atoms with Crippen molar-refractivity contribution in [1.29, 1.82) is 0 Å². The summed E-state index contributed by atoms with van der Waals surface area (Å²) in [5, 5.41) is 3.35. The number of hydrogen-bond acceptors (Lipinski definition) is 2. The molecule has 1 N–H and O–H groups in total. The molecule has 1 aromatic rings. The van der Waals surface area contributed by atoms with Crippen LogP contribution in [0.1, 0.15) is 18.1 Å². The molecule has 0 radical (unpaired) electrons. The van der Waals surface area contributed by atoms with E-state index in [1.165, 1.54) is 11.3 Å². The van der Waals surface area contributed by atoms with Crippen LogP contribution in [0.4, 0.5) is 5.69 Å². The number of methoxy groups -OCH3 is 1. The number of rotatable bonds is 1. The molecule has 1 aliphatic rings. The Hall–Kier alpha value is -0.540. The summed E-state index contributed by atoms with van der Waals surface area (Å²) in [6.45, 7) is 0.993. The van der Waals surface area contributed by atoms with Gasteiger partial charge in [-0.2, -0.15) is 0 Å². The van der Waals surface area contributed by atoms with Crippen molar-refractivity contribution in [2.24, 2.45) is 0 Å². The molecule has 0 saturated carbocycles. The number of fused-ring (bicyclic) bond motifs is 1. The Morgan fingerprint density at radius 2 is 2.38 bits per heavy atom. The molecule has 13 heavy (non-hydrogen) atoms. The van der Waals surface area contributed by atoms with E-state index in [1.807, 2.05) is 6.07 Å². The summed E-state index contributed by atoms with van der Waals surface area (Å²) in [6, 6.07) is 6.25. The van der Waals surface area contributed by atoms with Crippen LogP contribution in [0.5, 0.6) is 0 Å². The van der Waals surface area contributed by atoms with Gasteiger partial charge in [0.2, 0.25) is 0 Å². The monoisotopic (exact) mass is 241 g/mol. The fourth-order valence-electron chi connectivity index (χ4n) is 1.70. The molecule has 2 rings (SSSR count). The summed E-state index contributed by atoms with van der Waals surface area (Å²) in [5.41, 5.74) is 2.45. The highest BCUT2D eigenvalue weighted by atomic mass is 79.9. The number of nitrogens with one attached hydrogen (secondary N) is 1. The fourth-order valence-corrected chi connectivity index (χ4v) is 2.08. The highest BCUT2D eigenvalue weighted by molar-refractivity contribution is 9.10. The van der Waals surface area contributed by atoms with Crippen molar-refractivity contribution in [2.75, 3.05) is 19.0 Å². The first-order valence-electron chi connectivity index (χ1n) is 4.37. The first kappa shape index (κ1) is 9.03. The van der Waals surface area contributed by atoms with Crippen molar-refractivity contribution < 1.29 is 4.74 Å². The van der Waals surface area contributed by atoms with Gasteiger partial charge >= 0.3 is 0 Å². The molecule has 0 aromatic heterocycles. The molecule has 0 fully saturated rings. The molecule has 1 unspecified atom stereocenters. The van der Waals surface area contributed by atoms with E-state index >= 15 is 0 Å². The Morgan fingerprint density at radius 1 is 1.54 bits per heavy atom. The van der Waals surface area contributed by atoms with E-state index in [1.54, 1.807) is 7.11 Å². The Labute approximate surface area is 86.4 Å². The largest absolute Gasteiger partial charge is 0.385 e. The molecule has 70 valence electrons. The van der Waals surface area contributed by atoms with Crippen molar-refractivity contribution >= 4 is 21.6 Å². The summed E-state index contributed by atoms with van der Waals surface area (Å²) in [4.78, 5) is 0. The summed E-state index contributed by atoms with van der Waals surface area (Å²) in [5.74, 6) is 0. The molecule has 1 heterocycles. The number of anilines is 1. The van der Waals surface area contributed by atoms with Gasteiger partial charge in [0, 0.05) is 29.4 Å². The highest BCUT2D eigenvalue weighted by Gasteiger charge is 2.19. The number of hydrogen-bond donors (Lipinski definition) is 1. The van der Waals surface area contributed by atoms with Gasteiger partial charge in [-0.05, 0) is 24.6 Å². The zero-order valence-corrected chi connectivity index (χ0v) is 9.10. The lowest BCUT2D eigenvalue weighted by Crippen LogP contribution is -2.17. The molecule has 1 atom stereocenters. The smallest absolute Gasteiger partial charge is 0.0858 e. The van der Waals surface area contributed by atoms with Gasteiger partial charge in [0.25, 0.3) is 0 Å². The van der Waals surface area contributed by atoms with E-state index < -0.39 is 0 Å². The molecular weight excluding hydrogens is 230 g/mol. The van der Waals surface area contributed by atoms with Gasteiger partial charge in [-0.25, -0.2) is 0 Å². The van der Waals surface area contributed by atoms with Crippen LogP contribution in [-0.4, -0.2) is 13.7 Å². The lowest BCUT2D eigenvalue weighted by molar-refractivity contribution is 0.0964. The van der Waals surface area contributed by atoms with Gasteiger partial charge in [0.05, 0.1) is 6.10 Å². The standard InChI is InChI=1S/C10H12BrNO/c1-13-10-4-5-12-9-3-2-7(11)6-8(9)10/h2-3,6,10,12H,4-5H2,1H3. The third kappa shape index (κ3) is 1.71. The van der Waals surface area contributed by atoms with Crippen molar-refractivity contribution in [2.45, 2.75) is 12.5 Å². The maximum atomic E-state index is 5.41. The lowest BCUT2D eigenvalue weighted by Gasteiger charge is -2.25. The van der Waals surface area contributed by atoms with E-state index in [0.717, 1.165) is 17.4 Å². The van der Waals surface area contributed by atoms with Crippen LogP contribution < -0.4 is 5.32 Å². The predicted molar refractivity (Wildman–Crippen MR) is 57.0 cm³/mol. The third-order valence-electron chi connectivity index (χ3n) is 2.37. The molecule has 1 aromatic carbocycles. The maximum Gasteiger partial charge on any atom is 0.0858 e. The van der Waals surface area contributed by atoms with Gasteiger partial charge in [0.15, 0.2) is 0 Å². The van der Waals surface area contributed by atoms with Crippen molar-refractivity contribution in [3.05, 3.63) is 28.2 Å². The Balaban J connectivity index is 2.41. The van der Waals surface area contributed by atoms with E-state index in [4.69, 9.17) is 4.74 Å². The van der Waals surface area contributed by atoms with Gasteiger partial charge in [0.1, 0.15) is 0 Å². The molecule has 0 bridgehead atoms. The first-order chi connectivity index (χ1) is 6.31. The summed E-state index contributed by atoms with van der Waals surface area (Å²) < 4.78 is 6.52. The average molecular weight is 242 g/mol. The quantitative estimate of drug-likeness (QED) is 0.817. The minimum atomic E-state index is 0.244. The van der Waals surface area contributed by atoms with Crippen molar-refractivity contribution in [3.8, 4) is 0 Å². The van der Waals surface area contributed by atoms with Gasteiger partial charge < -0.3 is 10.1 Å².